The third-order valence-electron chi connectivity index (χ3n) is 5.48. The first-order valence-electron chi connectivity index (χ1n) is 10.6. The summed E-state index contributed by atoms with van der Waals surface area (Å²) in [7, 11) is 0. The smallest absolute Gasteiger partial charge is 0.412 e. The summed E-state index contributed by atoms with van der Waals surface area (Å²) < 4.78 is 16.8. The monoisotopic (exact) mass is 426 g/mol. The number of benzene rings is 2. The third-order valence-corrected chi connectivity index (χ3v) is 5.48. The normalized spacial score (nSPS) is 13.9. The van der Waals surface area contributed by atoms with E-state index in [2.05, 4.69) is 28.4 Å². The fourth-order valence-corrected chi connectivity index (χ4v) is 3.51. The molecule has 1 unspecified atom stereocenters. The summed E-state index contributed by atoms with van der Waals surface area (Å²) in [5, 5.41) is 7.72. The highest BCUT2D eigenvalue weighted by molar-refractivity contribution is 5.87. The molecule has 1 atom stereocenters. The van der Waals surface area contributed by atoms with Gasteiger partial charge >= 0.3 is 6.09 Å². The predicted octanol–water partition coefficient (Wildman–Crippen LogP) is 6.32. The Labute approximate surface area is 185 Å². The number of aromatic nitrogens is 1. The topological polar surface area (TPSA) is 77.5 Å². The van der Waals surface area contributed by atoms with Crippen LogP contribution in [0.15, 0.2) is 63.5 Å². The first-order valence-corrected chi connectivity index (χ1v) is 10.6. The second-order valence-electron chi connectivity index (χ2n) is 7.98. The van der Waals surface area contributed by atoms with E-state index in [4.69, 9.17) is 13.7 Å². The van der Waals surface area contributed by atoms with Crippen molar-refractivity contribution in [3.63, 3.8) is 0 Å². The van der Waals surface area contributed by atoms with E-state index >= 15 is 0 Å². The Bertz CT molecular complexity index is 1340. The van der Waals surface area contributed by atoms with Gasteiger partial charge in [0, 0.05) is 16.9 Å². The summed E-state index contributed by atoms with van der Waals surface area (Å²) in [4.78, 5) is 12.4. The highest BCUT2D eigenvalue weighted by Gasteiger charge is 2.27. The van der Waals surface area contributed by atoms with Crippen molar-refractivity contribution in [2.75, 3.05) is 5.32 Å². The molecular weight excluding hydrogens is 404 g/mol. The van der Waals surface area contributed by atoms with E-state index in [0.29, 0.717) is 17.3 Å². The van der Waals surface area contributed by atoms with Gasteiger partial charge in [0.25, 0.3) is 0 Å². The van der Waals surface area contributed by atoms with Crippen molar-refractivity contribution < 1.29 is 18.5 Å². The van der Waals surface area contributed by atoms with Crippen LogP contribution in [0.5, 0.6) is 0 Å². The minimum Gasteiger partial charge on any atom is -0.461 e. The third kappa shape index (κ3) is 4.23. The molecule has 1 fully saturated rings. The molecule has 0 spiro atoms. The fourth-order valence-electron chi connectivity index (χ4n) is 3.51. The lowest BCUT2D eigenvalue weighted by molar-refractivity contribution is 0.121. The lowest BCUT2D eigenvalue weighted by Crippen LogP contribution is -2.16. The molecule has 6 heteroatoms. The largest absolute Gasteiger partial charge is 0.461 e. The van der Waals surface area contributed by atoms with Gasteiger partial charge in [-0.05, 0) is 62.4 Å². The number of hydrogen-bond acceptors (Lipinski definition) is 5. The first-order chi connectivity index (χ1) is 15.6. The van der Waals surface area contributed by atoms with Gasteiger partial charge in [-0.15, -0.1) is 0 Å². The number of nitrogens with one attached hydrogen (secondary N) is 1. The van der Waals surface area contributed by atoms with E-state index in [-0.39, 0.29) is 5.76 Å². The van der Waals surface area contributed by atoms with Crippen LogP contribution < -0.4 is 5.32 Å². The van der Waals surface area contributed by atoms with Crippen LogP contribution in [-0.2, 0) is 4.74 Å². The molecule has 1 aliphatic carbocycles. The van der Waals surface area contributed by atoms with E-state index in [1.54, 1.807) is 6.92 Å². The molecule has 2 heterocycles. The molecule has 5 rings (SSSR count). The van der Waals surface area contributed by atoms with Gasteiger partial charge in [-0.25, -0.2) is 4.79 Å². The lowest BCUT2D eigenvalue weighted by atomic mass is 10.1. The lowest BCUT2D eigenvalue weighted by Gasteiger charge is -2.13. The van der Waals surface area contributed by atoms with E-state index < -0.39 is 12.2 Å². The molecule has 1 aliphatic rings. The molecule has 1 amide bonds. The second-order valence-corrected chi connectivity index (χ2v) is 7.98. The van der Waals surface area contributed by atoms with Crippen molar-refractivity contribution in [3.8, 4) is 11.8 Å². The quantitative estimate of drug-likeness (QED) is 0.387. The fraction of sp³-hybridized carbons (Fsp3) is 0.231. The van der Waals surface area contributed by atoms with E-state index in [9.17, 15) is 4.79 Å². The van der Waals surface area contributed by atoms with Gasteiger partial charge < -0.3 is 13.7 Å². The zero-order chi connectivity index (χ0) is 22.1. The molecule has 2 aromatic carbocycles. The summed E-state index contributed by atoms with van der Waals surface area (Å²) in [6, 6.07) is 17.5. The van der Waals surface area contributed by atoms with Crippen molar-refractivity contribution in [1.82, 2.24) is 5.16 Å². The zero-order valence-electron chi connectivity index (χ0n) is 17.8. The molecule has 6 nitrogen and oxygen atoms in total. The van der Waals surface area contributed by atoms with Gasteiger partial charge in [0.1, 0.15) is 28.8 Å². The Morgan fingerprint density at radius 1 is 1.16 bits per heavy atom. The van der Waals surface area contributed by atoms with Gasteiger partial charge in [-0.2, -0.15) is 0 Å². The molecule has 1 N–H and O–H groups in total. The molecule has 160 valence electrons. The van der Waals surface area contributed by atoms with Gasteiger partial charge in [-0.3, -0.25) is 5.32 Å². The number of rotatable bonds is 4. The number of furan rings is 1. The molecular formula is C26H22N2O4. The molecule has 0 saturated heterocycles. The molecule has 0 aliphatic heterocycles. The minimum atomic E-state index is -0.597. The number of carbonyl (C=O) groups excluding carboxylic acids is 1. The van der Waals surface area contributed by atoms with Crippen molar-refractivity contribution in [2.24, 2.45) is 0 Å². The number of hydrogen-bond donors (Lipinski definition) is 1. The van der Waals surface area contributed by atoms with Crippen LogP contribution >= 0.6 is 0 Å². The van der Waals surface area contributed by atoms with Crippen LogP contribution in [-0.4, -0.2) is 11.2 Å². The van der Waals surface area contributed by atoms with Crippen molar-refractivity contribution in [1.29, 1.82) is 0 Å². The molecule has 0 radical (unpaired) electrons. The number of anilines is 1. The minimum absolute atomic E-state index is 0.269. The molecule has 4 aromatic rings. The van der Waals surface area contributed by atoms with Crippen molar-refractivity contribution >= 4 is 22.7 Å². The first kappa shape index (κ1) is 20.0. The van der Waals surface area contributed by atoms with E-state index in [0.717, 1.165) is 27.9 Å². The van der Waals surface area contributed by atoms with Gasteiger partial charge in [-0.1, -0.05) is 41.4 Å². The summed E-state index contributed by atoms with van der Waals surface area (Å²) in [6.07, 6.45) is 1.39. The van der Waals surface area contributed by atoms with Crippen LogP contribution in [0.4, 0.5) is 10.5 Å². The van der Waals surface area contributed by atoms with Crippen LogP contribution in [0.1, 0.15) is 60.1 Å². The Kier molecular flexibility index (Phi) is 5.16. The number of ether oxygens (including phenoxy) is 1. The Balaban J connectivity index is 1.31. The maximum absolute atomic E-state index is 12.4. The number of aryl methyl sites for hydroxylation is 1. The number of nitrogens with zero attached hydrogens (tertiary/aromatic N) is 1. The highest BCUT2D eigenvalue weighted by atomic mass is 16.6. The van der Waals surface area contributed by atoms with Gasteiger partial charge in [0.15, 0.2) is 0 Å². The van der Waals surface area contributed by atoms with Gasteiger partial charge in [0.05, 0.1) is 0 Å². The summed E-state index contributed by atoms with van der Waals surface area (Å²) >= 11 is 0. The van der Waals surface area contributed by atoms with Crippen LogP contribution in [0.2, 0.25) is 0 Å². The highest BCUT2D eigenvalue weighted by Crippen LogP contribution is 2.42. The van der Waals surface area contributed by atoms with Crippen molar-refractivity contribution in [3.05, 3.63) is 82.9 Å². The molecule has 32 heavy (non-hydrogen) atoms. The predicted molar refractivity (Wildman–Crippen MR) is 120 cm³/mol. The number of amides is 1. The average molecular weight is 426 g/mol. The Morgan fingerprint density at radius 3 is 2.75 bits per heavy atom. The maximum atomic E-state index is 12.4. The van der Waals surface area contributed by atoms with Crippen LogP contribution in [0, 0.1) is 18.8 Å². The van der Waals surface area contributed by atoms with Crippen molar-refractivity contribution in [2.45, 2.75) is 38.7 Å². The van der Waals surface area contributed by atoms with E-state index in [1.807, 2.05) is 55.5 Å². The standard InChI is InChI=1S/C26H22N2O4/c1-16-25(27-26(29)30-17(2)19-6-4-3-5-7-19)22(32-28-16)13-9-18-8-10-21-15-24(20-11-12-20)31-23(21)14-18/h3-8,10,14-15,17,20H,11-12H2,1-2H3,(H,27,29). The SMILES string of the molecule is Cc1noc(C#Cc2ccc3cc(C4CC4)oc3c2)c1NC(=O)OC(C)c1ccccc1. The molecule has 1 saturated carbocycles. The molecule has 2 aromatic heterocycles. The zero-order valence-corrected chi connectivity index (χ0v) is 17.8. The maximum Gasteiger partial charge on any atom is 0.412 e. The van der Waals surface area contributed by atoms with E-state index in [1.165, 1.54) is 12.8 Å². The van der Waals surface area contributed by atoms with Crippen LogP contribution in [0.3, 0.4) is 0 Å². The summed E-state index contributed by atoms with van der Waals surface area (Å²) in [5.74, 6) is 7.90. The second kappa shape index (κ2) is 8.27. The average Bonchev–Trinajstić information content (AvgIpc) is 3.48. The molecule has 0 bridgehead atoms. The van der Waals surface area contributed by atoms with Crippen LogP contribution in [0.25, 0.3) is 11.0 Å². The van der Waals surface area contributed by atoms with Gasteiger partial charge in [0.2, 0.25) is 5.76 Å². The Morgan fingerprint density at radius 2 is 1.97 bits per heavy atom. The number of carbonyl (C=O) groups is 1. The summed E-state index contributed by atoms with van der Waals surface area (Å²) in [5.41, 5.74) is 3.44. The summed E-state index contributed by atoms with van der Waals surface area (Å²) in [6.45, 7) is 3.55. The Hall–Kier alpha value is -3.98. The number of fused-ring (bicyclic) bond motifs is 1.